The monoisotopic (exact) mass is 312 g/mol. The first kappa shape index (κ1) is 15.7. The highest BCUT2D eigenvalue weighted by Gasteiger charge is 2.32. The Kier molecular flexibility index (Phi) is 4.81. The van der Waals surface area contributed by atoms with E-state index in [1.807, 2.05) is 0 Å². The second-order valence-electron chi connectivity index (χ2n) is 5.09. The number of hydrogen-bond donors (Lipinski definition) is 2. The van der Waals surface area contributed by atoms with Crippen molar-refractivity contribution >= 4 is 21.8 Å². The number of hydrogen-bond acceptors (Lipinski definition) is 4. The van der Waals surface area contributed by atoms with Crippen LogP contribution in [0.15, 0.2) is 24.3 Å². The lowest BCUT2D eigenvalue weighted by molar-refractivity contribution is -0.118. The maximum atomic E-state index is 12.6. The number of carbonyl (C=O) groups excluding carboxylic acids is 1. The fourth-order valence-corrected chi connectivity index (χ4v) is 4.02. The van der Waals surface area contributed by atoms with E-state index in [0.717, 1.165) is 22.7 Å². The molecule has 116 valence electrons. The fourth-order valence-electron chi connectivity index (χ4n) is 2.37. The van der Waals surface area contributed by atoms with E-state index in [1.54, 1.807) is 24.3 Å². The zero-order chi connectivity index (χ0) is 15.5. The normalized spacial score (nSPS) is 16.4. The Labute approximate surface area is 124 Å². The Morgan fingerprint density at radius 2 is 1.95 bits per heavy atom. The Morgan fingerprint density at radius 1 is 1.29 bits per heavy atom. The van der Waals surface area contributed by atoms with E-state index in [4.69, 9.17) is 11.5 Å². The summed E-state index contributed by atoms with van der Waals surface area (Å²) >= 11 is 0. The van der Waals surface area contributed by atoms with Crippen molar-refractivity contribution in [1.82, 2.24) is 8.61 Å². The summed E-state index contributed by atoms with van der Waals surface area (Å²) in [5.41, 5.74) is 12.1. The van der Waals surface area contributed by atoms with Crippen molar-refractivity contribution in [3.05, 3.63) is 29.8 Å². The van der Waals surface area contributed by atoms with Crippen molar-refractivity contribution in [2.24, 2.45) is 5.73 Å². The highest BCUT2D eigenvalue weighted by atomic mass is 32.2. The Balaban J connectivity index is 2.23. The molecule has 0 saturated carbocycles. The molecular formula is C13H20N4O3S. The average Bonchev–Trinajstić information content (AvgIpc) is 2.92. The first-order valence-electron chi connectivity index (χ1n) is 6.77. The highest BCUT2D eigenvalue weighted by Crippen LogP contribution is 2.19. The number of nitrogens with two attached hydrogens (primary N) is 2. The third-order valence-electron chi connectivity index (χ3n) is 3.36. The van der Waals surface area contributed by atoms with Crippen molar-refractivity contribution in [3.63, 3.8) is 0 Å². The van der Waals surface area contributed by atoms with E-state index < -0.39 is 16.1 Å². The summed E-state index contributed by atoms with van der Waals surface area (Å²) in [4.78, 5) is 11.2. The van der Waals surface area contributed by atoms with Crippen LogP contribution >= 0.6 is 0 Å². The predicted octanol–water partition coefficient (Wildman–Crippen LogP) is -0.103. The minimum Gasteiger partial charge on any atom is -0.399 e. The minimum absolute atomic E-state index is 0.0762. The maximum Gasteiger partial charge on any atom is 0.282 e. The van der Waals surface area contributed by atoms with Crippen LogP contribution in [0.2, 0.25) is 0 Å². The van der Waals surface area contributed by atoms with E-state index in [1.165, 1.54) is 4.31 Å². The summed E-state index contributed by atoms with van der Waals surface area (Å²) in [7, 11) is -3.68. The van der Waals surface area contributed by atoms with Gasteiger partial charge in [-0.15, -0.1) is 0 Å². The van der Waals surface area contributed by atoms with Gasteiger partial charge in [0.2, 0.25) is 5.91 Å². The third kappa shape index (κ3) is 3.93. The standard InChI is InChI=1S/C13H20N4O3S/c14-12-5-3-4-11(8-12)9-17(10-13(15)18)21(19,20)16-6-1-2-7-16/h3-5,8H,1-2,6-7,9-10,14H2,(H2,15,18). The second kappa shape index (κ2) is 6.42. The van der Waals surface area contributed by atoms with E-state index >= 15 is 0 Å². The van der Waals surface area contributed by atoms with Gasteiger partial charge in [-0.05, 0) is 30.5 Å². The molecule has 8 heteroatoms. The number of nitrogens with zero attached hydrogens (tertiary/aromatic N) is 2. The number of amides is 1. The van der Waals surface area contributed by atoms with Gasteiger partial charge in [0.25, 0.3) is 10.2 Å². The summed E-state index contributed by atoms with van der Waals surface area (Å²) in [5, 5.41) is 0. The lowest BCUT2D eigenvalue weighted by atomic mass is 10.2. The molecule has 1 fully saturated rings. The van der Waals surface area contributed by atoms with Gasteiger partial charge >= 0.3 is 0 Å². The van der Waals surface area contributed by atoms with Crippen LogP contribution in [-0.2, 0) is 21.5 Å². The van der Waals surface area contributed by atoms with Crippen molar-refractivity contribution < 1.29 is 13.2 Å². The Hall–Kier alpha value is -1.64. The van der Waals surface area contributed by atoms with E-state index in [0.29, 0.717) is 18.8 Å². The van der Waals surface area contributed by atoms with Crippen LogP contribution in [-0.4, -0.2) is 42.6 Å². The van der Waals surface area contributed by atoms with Gasteiger partial charge in [0.1, 0.15) is 0 Å². The largest absolute Gasteiger partial charge is 0.399 e. The molecule has 0 atom stereocenters. The molecule has 1 aliphatic rings. The smallest absolute Gasteiger partial charge is 0.282 e. The topological polar surface area (TPSA) is 110 Å². The quantitative estimate of drug-likeness (QED) is 0.714. The fraction of sp³-hybridized carbons (Fsp3) is 0.462. The molecule has 1 amide bonds. The molecule has 4 N–H and O–H groups in total. The van der Waals surface area contributed by atoms with Crippen molar-refractivity contribution in [3.8, 4) is 0 Å². The van der Waals surface area contributed by atoms with Crippen molar-refractivity contribution in [2.45, 2.75) is 19.4 Å². The van der Waals surface area contributed by atoms with Crippen molar-refractivity contribution in [1.29, 1.82) is 0 Å². The maximum absolute atomic E-state index is 12.6. The van der Waals surface area contributed by atoms with E-state index in [2.05, 4.69) is 0 Å². The molecular weight excluding hydrogens is 292 g/mol. The predicted molar refractivity (Wildman–Crippen MR) is 80.2 cm³/mol. The van der Waals surface area contributed by atoms with E-state index in [9.17, 15) is 13.2 Å². The molecule has 0 bridgehead atoms. The van der Waals surface area contributed by atoms with Crippen LogP contribution in [0.1, 0.15) is 18.4 Å². The van der Waals surface area contributed by atoms with Gasteiger partial charge in [-0.1, -0.05) is 12.1 Å². The van der Waals surface area contributed by atoms with Gasteiger partial charge in [0.05, 0.1) is 6.54 Å². The van der Waals surface area contributed by atoms with Gasteiger partial charge in [-0.25, -0.2) is 0 Å². The summed E-state index contributed by atoms with van der Waals surface area (Å²) in [6.45, 7) is 0.698. The number of carbonyl (C=O) groups is 1. The van der Waals surface area contributed by atoms with Crippen LogP contribution in [0.4, 0.5) is 5.69 Å². The molecule has 0 spiro atoms. The zero-order valence-corrected chi connectivity index (χ0v) is 12.6. The Bertz CT molecular complexity index is 612. The van der Waals surface area contributed by atoms with Crippen LogP contribution in [0.5, 0.6) is 0 Å². The summed E-state index contributed by atoms with van der Waals surface area (Å²) in [5.74, 6) is -0.679. The number of anilines is 1. The minimum atomic E-state index is -3.68. The number of primary amides is 1. The second-order valence-corrected chi connectivity index (χ2v) is 7.02. The van der Waals surface area contributed by atoms with Gasteiger partial charge in [-0.2, -0.15) is 17.0 Å². The van der Waals surface area contributed by atoms with Crippen LogP contribution in [0.25, 0.3) is 0 Å². The molecule has 0 unspecified atom stereocenters. The molecule has 1 aromatic rings. The van der Waals surface area contributed by atoms with Gasteiger partial charge < -0.3 is 11.5 Å². The van der Waals surface area contributed by atoms with E-state index in [-0.39, 0.29) is 13.1 Å². The highest BCUT2D eigenvalue weighted by molar-refractivity contribution is 7.86. The van der Waals surface area contributed by atoms with Crippen LogP contribution < -0.4 is 11.5 Å². The van der Waals surface area contributed by atoms with Gasteiger partial charge in [-0.3, -0.25) is 4.79 Å². The molecule has 21 heavy (non-hydrogen) atoms. The first-order chi connectivity index (χ1) is 9.89. The molecule has 1 aliphatic heterocycles. The number of benzene rings is 1. The molecule has 7 nitrogen and oxygen atoms in total. The van der Waals surface area contributed by atoms with Gasteiger partial charge in [0.15, 0.2) is 0 Å². The Morgan fingerprint density at radius 3 is 2.52 bits per heavy atom. The summed E-state index contributed by atoms with van der Waals surface area (Å²) < 4.78 is 27.6. The average molecular weight is 312 g/mol. The lowest BCUT2D eigenvalue weighted by Crippen LogP contribution is -2.45. The number of nitrogen functional groups attached to an aromatic ring is 1. The first-order valence-corrected chi connectivity index (χ1v) is 8.17. The van der Waals surface area contributed by atoms with Gasteiger partial charge in [0, 0.05) is 25.3 Å². The molecule has 1 aromatic carbocycles. The third-order valence-corrected chi connectivity index (χ3v) is 5.29. The molecule has 0 aromatic heterocycles. The van der Waals surface area contributed by atoms with Crippen LogP contribution in [0, 0.1) is 0 Å². The van der Waals surface area contributed by atoms with Crippen LogP contribution in [0.3, 0.4) is 0 Å². The SMILES string of the molecule is NC(=O)CN(Cc1cccc(N)c1)S(=O)(=O)N1CCCC1. The van der Waals surface area contributed by atoms with Crippen molar-refractivity contribution in [2.75, 3.05) is 25.4 Å². The molecule has 1 saturated heterocycles. The zero-order valence-electron chi connectivity index (χ0n) is 11.7. The summed E-state index contributed by atoms with van der Waals surface area (Å²) in [6.07, 6.45) is 1.67. The lowest BCUT2D eigenvalue weighted by Gasteiger charge is -2.26. The molecule has 1 heterocycles. The summed E-state index contributed by atoms with van der Waals surface area (Å²) in [6, 6.07) is 6.92. The number of rotatable bonds is 6. The molecule has 0 aliphatic carbocycles. The molecule has 0 radical (unpaired) electrons. The molecule has 2 rings (SSSR count).